The molecule has 5 rings (SSSR count). The van der Waals surface area contributed by atoms with Crippen molar-refractivity contribution in [1.29, 1.82) is 0 Å². The molecule has 9 atom stereocenters. The number of aliphatic hydroxyl groups is 2. The van der Waals surface area contributed by atoms with Gasteiger partial charge in [-0.05, 0) is 30.7 Å². The molecule has 2 aliphatic carbocycles. The maximum Gasteiger partial charge on any atom is 0.315 e. The first-order chi connectivity index (χ1) is 18.1. The molecule has 10 heteroatoms. The van der Waals surface area contributed by atoms with E-state index in [1.54, 1.807) is 19.1 Å². The van der Waals surface area contributed by atoms with Crippen LogP contribution in [-0.2, 0) is 33.4 Å². The molecule has 0 radical (unpaired) electrons. The van der Waals surface area contributed by atoms with E-state index in [1.165, 1.54) is 26.6 Å². The van der Waals surface area contributed by atoms with Crippen LogP contribution in [0.1, 0.15) is 65.5 Å². The average Bonchev–Trinajstić information content (AvgIpc) is 3.40. The quantitative estimate of drug-likeness (QED) is 0.542. The third kappa shape index (κ3) is 3.86. The van der Waals surface area contributed by atoms with Crippen LogP contribution in [0.3, 0.4) is 0 Å². The monoisotopic (exact) mass is 544 g/mol. The molecule has 0 bridgehead atoms. The van der Waals surface area contributed by atoms with Gasteiger partial charge >= 0.3 is 11.9 Å². The first-order valence-electron chi connectivity index (χ1n) is 13.3. The number of allylic oxidation sites excluding steroid dienone is 1. The predicted molar refractivity (Wildman–Crippen MR) is 133 cm³/mol. The zero-order valence-corrected chi connectivity index (χ0v) is 23.1. The normalized spacial score (nSPS) is 43.3. The Morgan fingerprint density at radius 2 is 1.82 bits per heavy atom. The van der Waals surface area contributed by atoms with Crippen LogP contribution in [0, 0.1) is 34.5 Å². The van der Waals surface area contributed by atoms with E-state index in [9.17, 15) is 29.4 Å². The molecule has 1 aromatic heterocycles. The van der Waals surface area contributed by atoms with Gasteiger partial charge in [0.2, 0.25) is 0 Å². The summed E-state index contributed by atoms with van der Waals surface area (Å²) < 4.78 is 21.9. The van der Waals surface area contributed by atoms with Crippen LogP contribution in [-0.4, -0.2) is 58.3 Å². The summed E-state index contributed by atoms with van der Waals surface area (Å²) in [5.74, 6) is -7.97. The van der Waals surface area contributed by atoms with Gasteiger partial charge in [0.05, 0.1) is 19.6 Å². The Kier molecular flexibility index (Phi) is 6.29. The molecule has 39 heavy (non-hydrogen) atoms. The molecule has 10 nitrogen and oxygen atoms in total. The Morgan fingerprint density at radius 3 is 2.44 bits per heavy atom. The first kappa shape index (κ1) is 27.7. The van der Waals surface area contributed by atoms with Crippen LogP contribution in [0.4, 0.5) is 0 Å². The van der Waals surface area contributed by atoms with Gasteiger partial charge in [-0.2, -0.15) is 0 Å². The van der Waals surface area contributed by atoms with E-state index in [0.717, 1.165) is 0 Å². The number of ether oxygens (including phenoxy) is 3. The summed E-state index contributed by atoms with van der Waals surface area (Å²) in [6, 6.07) is 1.66. The van der Waals surface area contributed by atoms with Crippen molar-refractivity contribution < 1.29 is 48.0 Å². The van der Waals surface area contributed by atoms with Gasteiger partial charge < -0.3 is 28.8 Å². The second kappa shape index (κ2) is 8.84. The van der Waals surface area contributed by atoms with Crippen molar-refractivity contribution in [1.82, 2.24) is 0 Å². The molecule has 2 aliphatic heterocycles. The van der Waals surface area contributed by atoms with Crippen LogP contribution in [0.2, 0.25) is 0 Å². The third-order valence-corrected chi connectivity index (χ3v) is 9.80. The van der Waals surface area contributed by atoms with Gasteiger partial charge in [-0.1, -0.05) is 33.8 Å². The first-order valence-corrected chi connectivity index (χ1v) is 13.3. The van der Waals surface area contributed by atoms with Gasteiger partial charge in [0.15, 0.2) is 23.0 Å². The van der Waals surface area contributed by atoms with Gasteiger partial charge in [0, 0.05) is 41.2 Å². The van der Waals surface area contributed by atoms with Crippen LogP contribution >= 0.6 is 0 Å². The zero-order chi connectivity index (χ0) is 28.7. The highest BCUT2D eigenvalue weighted by molar-refractivity contribution is 6.02. The fourth-order valence-corrected chi connectivity index (χ4v) is 7.79. The van der Waals surface area contributed by atoms with Crippen LogP contribution in [0.15, 0.2) is 34.7 Å². The summed E-state index contributed by atoms with van der Waals surface area (Å²) in [6.45, 7) is 8.53. The van der Waals surface area contributed by atoms with E-state index in [1.807, 2.05) is 20.8 Å². The number of esters is 2. The number of carbonyl (C=O) groups excluding carboxylic acids is 4. The zero-order valence-electron chi connectivity index (χ0n) is 23.1. The minimum absolute atomic E-state index is 0.00755. The fraction of sp³-hybridized carbons (Fsp3) is 0.655. The molecule has 0 aromatic carbocycles. The summed E-state index contributed by atoms with van der Waals surface area (Å²) in [4.78, 5) is 53.1. The molecule has 2 N–H and O–H groups in total. The van der Waals surface area contributed by atoms with Crippen molar-refractivity contribution in [3.63, 3.8) is 0 Å². The maximum absolute atomic E-state index is 13.9. The van der Waals surface area contributed by atoms with Crippen molar-refractivity contribution >= 4 is 23.5 Å². The number of cyclic esters (lactones) is 1. The molecular weight excluding hydrogens is 508 g/mol. The smallest absolute Gasteiger partial charge is 0.315 e. The maximum atomic E-state index is 13.9. The Balaban J connectivity index is 1.66. The van der Waals surface area contributed by atoms with E-state index < -0.39 is 81.6 Å². The summed E-state index contributed by atoms with van der Waals surface area (Å²) in [7, 11) is 1.29. The number of ketones is 2. The van der Waals surface area contributed by atoms with Crippen molar-refractivity contribution in [2.75, 3.05) is 7.11 Å². The van der Waals surface area contributed by atoms with Gasteiger partial charge in [-0.25, -0.2) is 0 Å². The lowest BCUT2D eigenvalue weighted by atomic mass is 9.47. The van der Waals surface area contributed by atoms with E-state index in [0.29, 0.717) is 5.56 Å². The summed E-state index contributed by atoms with van der Waals surface area (Å²) in [6.07, 6.45) is 2.38. The third-order valence-electron chi connectivity index (χ3n) is 9.80. The lowest BCUT2D eigenvalue weighted by molar-refractivity contribution is -0.355. The number of carbonyl (C=O) groups is 4. The number of rotatable bonds is 4. The highest BCUT2D eigenvalue weighted by Crippen LogP contribution is 2.65. The lowest BCUT2D eigenvalue weighted by Crippen LogP contribution is -2.77. The summed E-state index contributed by atoms with van der Waals surface area (Å²) in [5, 5.41) is 24.0. The summed E-state index contributed by atoms with van der Waals surface area (Å²) >= 11 is 0. The Labute approximate surface area is 226 Å². The molecule has 0 unspecified atom stereocenters. The number of furan rings is 1. The number of Topliss-reactive ketones (excluding diaryl/α,β-unsaturated/α-hetero) is 2. The second-order valence-corrected chi connectivity index (χ2v) is 12.6. The number of hydrogen-bond acceptors (Lipinski definition) is 10. The molecule has 212 valence electrons. The van der Waals surface area contributed by atoms with Gasteiger partial charge in [-0.15, -0.1) is 0 Å². The molecular formula is C29H36O10. The van der Waals surface area contributed by atoms with E-state index in [4.69, 9.17) is 18.6 Å². The molecule has 3 fully saturated rings. The highest BCUT2D eigenvalue weighted by Gasteiger charge is 2.75. The highest BCUT2D eigenvalue weighted by atomic mass is 16.6. The van der Waals surface area contributed by atoms with Crippen LogP contribution < -0.4 is 0 Å². The minimum Gasteiger partial charge on any atom is -0.472 e. The topological polar surface area (TPSA) is 150 Å². The number of hydrogen-bond donors (Lipinski definition) is 2. The van der Waals surface area contributed by atoms with E-state index >= 15 is 0 Å². The van der Waals surface area contributed by atoms with Crippen molar-refractivity contribution in [3.8, 4) is 0 Å². The molecule has 1 aromatic rings. The lowest BCUT2D eigenvalue weighted by Gasteiger charge is -2.64. The largest absolute Gasteiger partial charge is 0.472 e. The molecule has 0 amide bonds. The second-order valence-electron chi connectivity index (χ2n) is 12.6. The van der Waals surface area contributed by atoms with E-state index in [-0.39, 0.29) is 24.8 Å². The molecule has 1 saturated carbocycles. The number of methoxy groups -OCH3 is 1. The van der Waals surface area contributed by atoms with Gasteiger partial charge in [0.25, 0.3) is 0 Å². The van der Waals surface area contributed by atoms with Gasteiger partial charge in [-0.3, -0.25) is 19.2 Å². The standard InChI is InChI=1S/C29H36O10/c1-14-17(11-19(31)36-6)26(2,3)12-16(21(14)32)24-29(35)18(30)7-9-27(4)22(29)20(28(5,34)39-24)25(33)38-23(27)15-8-10-37-13-15/h8,10,12-14,17,20,22-24,34-35H,7,9,11H2,1-6H3/t14-,17-,20+,22-,23+,24-,27-,28-,29-/m0/s1. The molecule has 0 spiro atoms. The van der Waals surface area contributed by atoms with Crippen molar-refractivity contribution in [2.24, 2.45) is 34.5 Å². The molecule has 4 aliphatic rings. The summed E-state index contributed by atoms with van der Waals surface area (Å²) in [5.41, 5.74) is -3.41. The van der Waals surface area contributed by atoms with Crippen LogP contribution in [0.25, 0.3) is 0 Å². The van der Waals surface area contributed by atoms with Crippen molar-refractivity contribution in [2.45, 2.75) is 77.5 Å². The molecule has 2 saturated heterocycles. The Hall–Kier alpha value is -2.82. The molecule has 3 heterocycles. The SMILES string of the molecule is COC(=O)C[C@H]1[C@H](C)C(=O)C([C@@H]2O[C@](C)(O)[C@H]3C(=O)O[C@H](c4ccoc4)[C@@]4(C)CCC(=O)[C@]2(O)[C@@H]34)=CC1(C)C. The fourth-order valence-electron chi connectivity index (χ4n) is 7.79. The average molecular weight is 545 g/mol. The van der Waals surface area contributed by atoms with E-state index in [2.05, 4.69) is 0 Å². The Morgan fingerprint density at radius 1 is 1.13 bits per heavy atom. The minimum atomic E-state index is -2.30. The van der Waals surface area contributed by atoms with Gasteiger partial charge in [0.1, 0.15) is 18.1 Å². The van der Waals surface area contributed by atoms with Crippen LogP contribution in [0.5, 0.6) is 0 Å². The van der Waals surface area contributed by atoms with Crippen molar-refractivity contribution in [3.05, 3.63) is 35.8 Å². The Bertz CT molecular complexity index is 1240. The predicted octanol–water partition coefficient (Wildman–Crippen LogP) is 2.67.